The van der Waals surface area contributed by atoms with Crippen LogP contribution in [0.5, 0.6) is 0 Å². The van der Waals surface area contributed by atoms with Gasteiger partial charge in [0.2, 0.25) is 0 Å². The Morgan fingerprint density at radius 3 is 2.14 bits per heavy atom. The van der Waals surface area contributed by atoms with Crippen molar-refractivity contribution in [1.29, 1.82) is 0 Å². The summed E-state index contributed by atoms with van der Waals surface area (Å²) in [5, 5.41) is 0. The number of nitrogens with two attached hydrogens (primary N) is 1. The fourth-order valence-electron chi connectivity index (χ4n) is 1.23. The van der Waals surface area contributed by atoms with Crippen molar-refractivity contribution < 1.29 is 13.2 Å². The molecular weight excluding hydrogens is 193 g/mol. The van der Waals surface area contributed by atoms with Crippen LogP contribution < -0.4 is 11.3 Å². The second kappa shape index (κ2) is 4.43. The fraction of sp³-hybridized carbons (Fsp3) is 0.333. The van der Waals surface area contributed by atoms with Gasteiger partial charge < -0.3 is 0 Å². The van der Waals surface area contributed by atoms with Crippen molar-refractivity contribution in [3.8, 4) is 0 Å². The Balaban J connectivity index is 3.11. The zero-order chi connectivity index (χ0) is 10.7. The first-order valence-electron chi connectivity index (χ1n) is 4.20. The zero-order valence-corrected chi connectivity index (χ0v) is 7.65. The summed E-state index contributed by atoms with van der Waals surface area (Å²) in [6, 6.07) is 1.50. The van der Waals surface area contributed by atoms with Crippen LogP contribution in [0.4, 0.5) is 13.2 Å². The summed E-state index contributed by atoms with van der Waals surface area (Å²) < 4.78 is 38.2. The van der Waals surface area contributed by atoms with Gasteiger partial charge in [-0.25, -0.2) is 13.2 Å². The van der Waals surface area contributed by atoms with Crippen molar-refractivity contribution in [2.24, 2.45) is 5.84 Å². The molecule has 0 heterocycles. The van der Waals surface area contributed by atoms with E-state index >= 15 is 0 Å². The second-order valence-corrected chi connectivity index (χ2v) is 2.93. The summed E-state index contributed by atoms with van der Waals surface area (Å²) in [4.78, 5) is 0. The number of halogens is 3. The lowest BCUT2D eigenvalue weighted by Gasteiger charge is -2.14. The van der Waals surface area contributed by atoms with Gasteiger partial charge in [0, 0.05) is 6.04 Å². The highest BCUT2D eigenvalue weighted by atomic mass is 19.2. The van der Waals surface area contributed by atoms with E-state index in [0.29, 0.717) is 12.0 Å². The van der Waals surface area contributed by atoms with Gasteiger partial charge in [-0.05, 0) is 24.1 Å². The molecule has 0 aliphatic heterocycles. The third-order valence-electron chi connectivity index (χ3n) is 2.02. The van der Waals surface area contributed by atoms with Gasteiger partial charge in [-0.15, -0.1) is 0 Å². The van der Waals surface area contributed by atoms with E-state index in [9.17, 15) is 13.2 Å². The maximum absolute atomic E-state index is 12.8. The molecule has 0 aliphatic carbocycles. The lowest BCUT2D eigenvalue weighted by Crippen LogP contribution is -2.27. The van der Waals surface area contributed by atoms with Crippen LogP contribution in [0.1, 0.15) is 24.9 Å². The first kappa shape index (κ1) is 11.0. The molecule has 1 rings (SSSR count). The number of rotatable bonds is 3. The highest BCUT2D eigenvalue weighted by molar-refractivity contribution is 5.22. The van der Waals surface area contributed by atoms with Gasteiger partial charge in [0.1, 0.15) is 0 Å². The van der Waals surface area contributed by atoms with E-state index < -0.39 is 17.5 Å². The molecule has 0 aliphatic rings. The second-order valence-electron chi connectivity index (χ2n) is 2.93. The van der Waals surface area contributed by atoms with E-state index in [4.69, 9.17) is 5.84 Å². The van der Waals surface area contributed by atoms with Gasteiger partial charge in [-0.2, -0.15) is 0 Å². The van der Waals surface area contributed by atoms with Crippen LogP contribution in [0.3, 0.4) is 0 Å². The van der Waals surface area contributed by atoms with Crippen molar-refractivity contribution in [2.45, 2.75) is 19.4 Å². The molecule has 0 amide bonds. The molecule has 1 atom stereocenters. The van der Waals surface area contributed by atoms with Crippen LogP contribution in [-0.4, -0.2) is 0 Å². The topological polar surface area (TPSA) is 38.0 Å². The van der Waals surface area contributed by atoms with Crippen molar-refractivity contribution in [1.82, 2.24) is 5.43 Å². The Bertz CT molecular complexity index is 301. The molecule has 0 radical (unpaired) electrons. The Morgan fingerprint density at radius 1 is 1.29 bits per heavy atom. The van der Waals surface area contributed by atoms with Crippen molar-refractivity contribution >= 4 is 0 Å². The van der Waals surface area contributed by atoms with Gasteiger partial charge in [0.05, 0.1) is 0 Å². The molecule has 0 aromatic heterocycles. The molecule has 0 bridgehead atoms. The molecule has 2 nitrogen and oxygen atoms in total. The first-order valence-corrected chi connectivity index (χ1v) is 4.20. The quantitative estimate of drug-likeness (QED) is 0.449. The highest BCUT2D eigenvalue weighted by Gasteiger charge is 2.14. The van der Waals surface area contributed by atoms with E-state index in [1.165, 1.54) is 0 Å². The fourth-order valence-corrected chi connectivity index (χ4v) is 1.23. The Morgan fingerprint density at radius 2 is 1.79 bits per heavy atom. The normalized spacial score (nSPS) is 12.9. The summed E-state index contributed by atoms with van der Waals surface area (Å²) in [5.41, 5.74) is 2.68. The van der Waals surface area contributed by atoms with Gasteiger partial charge in [-0.1, -0.05) is 6.92 Å². The van der Waals surface area contributed by atoms with E-state index in [1.807, 2.05) is 0 Å². The minimum atomic E-state index is -1.46. The van der Waals surface area contributed by atoms with E-state index in [-0.39, 0.29) is 6.04 Å². The van der Waals surface area contributed by atoms with Crippen LogP contribution >= 0.6 is 0 Å². The molecular formula is C9H11F3N2. The third kappa shape index (κ3) is 2.05. The number of hydrogen-bond acceptors (Lipinski definition) is 2. The van der Waals surface area contributed by atoms with Gasteiger partial charge >= 0.3 is 0 Å². The van der Waals surface area contributed by atoms with Crippen LogP contribution in [0.2, 0.25) is 0 Å². The van der Waals surface area contributed by atoms with Gasteiger partial charge in [0.25, 0.3) is 0 Å². The molecule has 1 aromatic carbocycles. The molecule has 0 fully saturated rings. The average molecular weight is 204 g/mol. The Hall–Kier alpha value is -1.07. The number of benzene rings is 1. The highest BCUT2D eigenvalue weighted by Crippen LogP contribution is 2.20. The van der Waals surface area contributed by atoms with Crippen LogP contribution in [0, 0.1) is 17.5 Å². The summed E-state index contributed by atoms with van der Waals surface area (Å²) in [7, 11) is 0. The minimum absolute atomic E-state index is 0.298. The molecule has 5 heteroatoms. The molecule has 0 unspecified atom stereocenters. The SMILES string of the molecule is CC[C@@H](NN)c1cc(F)c(F)c(F)c1. The molecule has 14 heavy (non-hydrogen) atoms. The predicted molar refractivity (Wildman–Crippen MR) is 46.7 cm³/mol. The standard InChI is InChI=1S/C9H11F3N2/c1-2-8(14-13)5-3-6(10)9(12)7(11)4-5/h3-4,8,14H,2,13H2,1H3/t8-/m1/s1. The Kier molecular flexibility index (Phi) is 3.49. The van der Waals surface area contributed by atoms with E-state index in [2.05, 4.69) is 5.43 Å². The maximum Gasteiger partial charge on any atom is 0.194 e. The smallest absolute Gasteiger partial charge is 0.194 e. The lowest BCUT2D eigenvalue weighted by molar-refractivity contribution is 0.438. The molecule has 1 aromatic rings. The first-order chi connectivity index (χ1) is 6.60. The lowest BCUT2D eigenvalue weighted by atomic mass is 10.0. The molecule has 0 saturated carbocycles. The van der Waals surface area contributed by atoms with E-state index in [1.54, 1.807) is 6.92 Å². The summed E-state index contributed by atoms with van der Waals surface area (Å²) in [6.45, 7) is 1.80. The van der Waals surface area contributed by atoms with E-state index in [0.717, 1.165) is 12.1 Å². The third-order valence-corrected chi connectivity index (χ3v) is 2.02. The summed E-state index contributed by atoms with van der Waals surface area (Å²) >= 11 is 0. The van der Waals surface area contributed by atoms with Crippen molar-refractivity contribution in [3.05, 3.63) is 35.1 Å². The van der Waals surface area contributed by atoms with Crippen LogP contribution in [-0.2, 0) is 0 Å². The largest absolute Gasteiger partial charge is 0.271 e. The molecule has 0 saturated heterocycles. The van der Waals surface area contributed by atoms with Gasteiger partial charge in [-0.3, -0.25) is 11.3 Å². The van der Waals surface area contributed by atoms with Gasteiger partial charge in [0.15, 0.2) is 17.5 Å². The van der Waals surface area contributed by atoms with Crippen LogP contribution in [0.15, 0.2) is 12.1 Å². The van der Waals surface area contributed by atoms with Crippen molar-refractivity contribution in [2.75, 3.05) is 0 Å². The predicted octanol–water partition coefficient (Wildman–Crippen LogP) is 2.02. The molecule has 0 spiro atoms. The Labute approximate surface area is 79.9 Å². The minimum Gasteiger partial charge on any atom is -0.271 e. The molecule has 3 N–H and O–H groups in total. The number of hydrazine groups is 1. The average Bonchev–Trinajstić information content (AvgIpc) is 2.16. The summed E-state index contributed by atoms with van der Waals surface area (Å²) in [5.74, 6) is 1.31. The molecule has 78 valence electrons. The number of nitrogens with one attached hydrogen (secondary N) is 1. The maximum atomic E-state index is 12.8. The van der Waals surface area contributed by atoms with Crippen molar-refractivity contribution in [3.63, 3.8) is 0 Å². The summed E-state index contributed by atoms with van der Waals surface area (Å²) in [6.07, 6.45) is 0.557. The monoisotopic (exact) mass is 204 g/mol. The zero-order valence-electron chi connectivity index (χ0n) is 7.65. The van der Waals surface area contributed by atoms with Crippen LogP contribution in [0.25, 0.3) is 0 Å². The number of hydrogen-bond donors (Lipinski definition) is 2.